The van der Waals surface area contributed by atoms with Crippen molar-refractivity contribution in [2.45, 2.75) is 0 Å². The smallest absolute Gasteiger partial charge is 0.126 e. The van der Waals surface area contributed by atoms with E-state index in [1.165, 1.54) is 6.08 Å². The molecular weight excluding hydrogens is 114 g/mol. The van der Waals surface area contributed by atoms with Crippen LogP contribution in [-0.4, -0.2) is 19.0 Å². The molecule has 0 saturated heterocycles. The largest absolute Gasteiger partial charge is 0.369 e. The average molecular weight is 121 g/mol. The summed E-state index contributed by atoms with van der Waals surface area (Å²) in [5.41, 5.74) is 0.373. The maximum atomic E-state index is 8.32. The van der Waals surface area contributed by atoms with Crippen LogP contribution in [0.3, 0.4) is 0 Å². The third kappa shape index (κ3) is 2.36. The highest BCUT2D eigenvalue weighted by Gasteiger charge is 1.93. The average Bonchev–Trinajstić information content (AvgIpc) is 1.82. The van der Waals surface area contributed by atoms with E-state index in [2.05, 4.69) is 0 Å². The molecule has 0 aromatic carbocycles. The second-order valence-corrected chi connectivity index (χ2v) is 1.66. The second kappa shape index (κ2) is 3.51. The van der Waals surface area contributed by atoms with Crippen molar-refractivity contribution in [1.82, 2.24) is 4.90 Å². The minimum atomic E-state index is 0.373. The number of nitrogens with zero attached hydrogens (tertiary/aromatic N) is 3. The first-order chi connectivity index (χ1) is 4.22. The lowest BCUT2D eigenvalue weighted by Gasteiger charge is -2.06. The Hall–Kier alpha value is -1.48. The van der Waals surface area contributed by atoms with Gasteiger partial charge < -0.3 is 4.90 Å². The van der Waals surface area contributed by atoms with Gasteiger partial charge in [-0.15, -0.1) is 0 Å². The molecule has 0 aromatic heterocycles. The van der Waals surface area contributed by atoms with Crippen molar-refractivity contribution in [3.63, 3.8) is 0 Å². The molecule has 0 unspecified atom stereocenters. The quantitative estimate of drug-likeness (QED) is 0.474. The molecule has 3 heteroatoms. The zero-order valence-corrected chi connectivity index (χ0v) is 5.42. The predicted octanol–water partition coefficient (Wildman–Crippen LogP) is 0.479. The molecular formula is C6H7N3. The Bertz CT molecular complexity index is 189. The number of allylic oxidation sites excluding steroid dienone is 2. The lowest BCUT2D eigenvalue weighted by Crippen LogP contribution is -2.08. The van der Waals surface area contributed by atoms with E-state index in [-0.39, 0.29) is 0 Å². The standard InChI is InChI=1S/C6H7N3/c1-9(2)6(5-8)3-4-7/h3H,1-2H3/b6-3+. The van der Waals surface area contributed by atoms with Gasteiger partial charge in [-0.1, -0.05) is 0 Å². The summed E-state index contributed by atoms with van der Waals surface area (Å²) in [6.07, 6.45) is 1.21. The van der Waals surface area contributed by atoms with Crippen LogP contribution in [0.15, 0.2) is 11.8 Å². The molecule has 0 aliphatic rings. The third-order valence-electron chi connectivity index (χ3n) is 0.798. The minimum absolute atomic E-state index is 0.373. The summed E-state index contributed by atoms with van der Waals surface area (Å²) in [7, 11) is 3.43. The van der Waals surface area contributed by atoms with E-state index in [0.717, 1.165) is 0 Å². The summed E-state index contributed by atoms with van der Waals surface area (Å²) < 4.78 is 0. The molecule has 0 aromatic rings. The van der Waals surface area contributed by atoms with E-state index in [9.17, 15) is 0 Å². The Morgan fingerprint density at radius 2 is 2.00 bits per heavy atom. The van der Waals surface area contributed by atoms with E-state index in [1.807, 2.05) is 6.07 Å². The summed E-state index contributed by atoms with van der Waals surface area (Å²) in [4.78, 5) is 1.59. The van der Waals surface area contributed by atoms with Crippen LogP contribution in [0.2, 0.25) is 0 Å². The van der Waals surface area contributed by atoms with E-state index in [4.69, 9.17) is 10.5 Å². The van der Waals surface area contributed by atoms with Gasteiger partial charge in [-0.3, -0.25) is 0 Å². The number of hydrogen-bond acceptors (Lipinski definition) is 3. The normalized spacial score (nSPS) is 9.56. The summed E-state index contributed by atoms with van der Waals surface area (Å²) in [5, 5.41) is 16.4. The monoisotopic (exact) mass is 121 g/mol. The van der Waals surface area contributed by atoms with Gasteiger partial charge in [0.1, 0.15) is 11.8 Å². The van der Waals surface area contributed by atoms with Crippen molar-refractivity contribution < 1.29 is 0 Å². The van der Waals surface area contributed by atoms with Gasteiger partial charge >= 0.3 is 0 Å². The predicted molar refractivity (Wildman–Crippen MR) is 33.0 cm³/mol. The Morgan fingerprint density at radius 1 is 1.44 bits per heavy atom. The fraction of sp³-hybridized carbons (Fsp3) is 0.333. The molecule has 0 saturated carbocycles. The molecule has 0 aliphatic carbocycles. The molecule has 0 amide bonds. The second-order valence-electron chi connectivity index (χ2n) is 1.66. The van der Waals surface area contributed by atoms with Crippen molar-refractivity contribution in [2.75, 3.05) is 14.1 Å². The van der Waals surface area contributed by atoms with Crippen LogP contribution in [0.4, 0.5) is 0 Å². The van der Waals surface area contributed by atoms with Crippen LogP contribution in [0, 0.1) is 22.7 Å². The number of rotatable bonds is 1. The molecule has 0 bridgehead atoms. The molecule has 0 N–H and O–H groups in total. The summed E-state index contributed by atoms with van der Waals surface area (Å²) >= 11 is 0. The zero-order valence-electron chi connectivity index (χ0n) is 5.42. The van der Waals surface area contributed by atoms with Gasteiger partial charge in [-0.05, 0) is 0 Å². The highest BCUT2D eigenvalue weighted by atomic mass is 15.1. The summed E-state index contributed by atoms with van der Waals surface area (Å²) in [6, 6.07) is 3.64. The fourth-order valence-electron chi connectivity index (χ4n) is 0.323. The van der Waals surface area contributed by atoms with E-state index in [0.29, 0.717) is 5.70 Å². The van der Waals surface area contributed by atoms with Gasteiger partial charge in [0.15, 0.2) is 0 Å². The van der Waals surface area contributed by atoms with Gasteiger partial charge in [0.25, 0.3) is 0 Å². The molecule has 3 nitrogen and oxygen atoms in total. The van der Waals surface area contributed by atoms with Crippen LogP contribution in [0.5, 0.6) is 0 Å². The Labute approximate surface area is 54.4 Å². The molecule has 46 valence electrons. The minimum Gasteiger partial charge on any atom is -0.369 e. The lowest BCUT2D eigenvalue weighted by molar-refractivity contribution is 0.534. The fourth-order valence-corrected chi connectivity index (χ4v) is 0.323. The Kier molecular flexibility index (Phi) is 2.94. The molecule has 9 heavy (non-hydrogen) atoms. The molecule has 0 heterocycles. The van der Waals surface area contributed by atoms with Gasteiger partial charge in [0.2, 0.25) is 0 Å². The molecule has 0 radical (unpaired) electrons. The summed E-state index contributed by atoms with van der Waals surface area (Å²) in [5.74, 6) is 0. The van der Waals surface area contributed by atoms with Crippen molar-refractivity contribution in [2.24, 2.45) is 0 Å². The van der Waals surface area contributed by atoms with Crippen LogP contribution in [0.25, 0.3) is 0 Å². The van der Waals surface area contributed by atoms with Crippen molar-refractivity contribution in [3.05, 3.63) is 11.8 Å². The van der Waals surface area contributed by atoms with Crippen molar-refractivity contribution >= 4 is 0 Å². The summed E-state index contributed by atoms with van der Waals surface area (Å²) in [6.45, 7) is 0. The lowest BCUT2D eigenvalue weighted by atomic mass is 10.4. The van der Waals surface area contributed by atoms with Gasteiger partial charge in [0.05, 0.1) is 6.07 Å². The first kappa shape index (κ1) is 7.52. The number of nitriles is 2. The molecule has 0 atom stereocenters. The van der Waals surface area contributed by atoms with Crippen LogP contribution in [-0.2, 0) is 0 Å². The van der Waals surface area contributed by atoms with Crippen LogP contribution < -0.4 is 0 Å². The van der Waals surface area contributed by atoms with Crippen LogP contribution >= 0.6 is 0 Å². The Balaban J connectivity index is 4.25. The van der Waals surface area contributed by atoms with Gasteiger partial charge in [0, 0.05) is 20.2 Å². The highest BCUT2D eigenvalue weighted by Crippen LogP contribution is 1.92. The molecule has 0 rings (SSSR count). The first-order valence-electron chi connectivity index (χ1n) is 2.39. The number of hydrogen-bond donors (Lipinski definition) is 0. The third-order valence-corrected chi connectivity index (χ3v) is 0.798. The van der Waals surface area contributed by atoms with Gasteiger partial charge in [-0.25, -0.2) is 0 Å². The van der Waals surface area contributed by atoms with Gasteiger partial charge in [-0.2, -0.15) is 10.5 Å². The van der Waals surface area contributed by atoms with Crippen LogP contribution in [0.1, 0.15) is 0 Å². The van der Waals surface area contributed by atoms with E-state index in [1.54, 1.807) is 25.1 Å². The Morgan fingerprint density at radius 3 is 2.11 bits per heavy atom. The van der Waals surface area contributed by atoms with Crippen molar-refractivity contribution in [1.29, 1.82) is 10.5 Å². The SMILES string of the molecule is CN(C)/C(C#N)=C/C#N. The van der Waals surface area contributed by atoms with E-state index >= 15 is 0 Å². The molecule has 0 fully saturated rings. The van der Waals surface area contributed by atoms with Crippen molar-refractivity contribution in [3.8, 4) is 12.1 Å². The maximum absolute atomic E-state index is 8.32. The first-order valence-corrected chi connectivity index (χ1v) is 2.39. The highest BCUT2D eigenvalue weighted by molar-refractivity contribution is 5.24. The maximum Gasteiger partial charge on any atom is 0.126 e. The topological polar surface area (TPSA) is 50.8 Å². The van der Waals surface area contributed by atoms with E-state index < -0.39 is 0 Å². The zero-order chi connectivity index (χ0) is 7.28. The molecule has 0 spiro atoms. The molecule has 0 aliphatic heterocycles.